The van der Waals surface area contributed by atoms with Crippen LogP contribution in [0.4, 0.5) is 0 Å². The highest BCUT2D eigenvalue weighted by Crippen LogP contribution is 2.32. The lowest BCUT2D eigenvalue weighted by Gasteiger charge is -2.16. The quantitative estimate of drug-likeness (QED) is 0.566. The predicted molar refractivity (Wildman–Crippen MR) is 102 cm³/mol. The Labute approximate surface area is 155 Å². The molecule has 0 unspecified atom stereocenters. The molecule has 1 heterocycles. The van der Waals surface area contributed by atoms with Gasteiger partial charge in [-0.1, -0.05) is 36.2 Å². The van der Waals surface area contributed by atoms with Gasteiger partial charge in [0.05, 0.1) is 15.6 Å². The lowest BCUT2D eigenvalue weighted by atomic mass is 9.90. The summed E-state index contributed by atoms with van der Waals surface area (Å²) in [7, 11) is 0. The number of nitrogens with one attached hydrogen (secondary N) is 1. The van der Waals surface area contributed by atoms with E-state index in [1.54, 1.807) is 36.5 Å². The van der Waals surface area contributed by atoms with E-state index in [0.29, 0.717) is 26.6 Å². The lowest BCUT2D eigenvalue weighted by Crippen LogP contribution is -2.18. The molecule has 0 fully saturated rings. The van der Waals surface area contributed by atoms with Crippen molar-refractivity contribution in [2.75, 3.05) is 0 Å². The van der Waals surface area contributed by atoms with Crippen LogP contribution < -0.4 is 5.43 Å². The molecule has 1 aromatic heterocycles. The average Bonchev–Trinajstić information content (AvgIpc) is 2.95. The molecule has 0 aliphatic heterocycles. The second kappa shape index (κ2) is 7.26. The van der Waals surface area contributed by atoms with Gasteiger partial charge in [0.2, 0.25) is 0 Å². The third kappa shape index (κ3) is 3.82. The fourth-order valence-corrected chi connectivity index (χ4v) is 4.49. The third-order valence-electron chi connectivity index (χ3n) is 4.20. The first-order valence-corrected chi connectivity index (χ1v) is 9.43. The van der Waals surface area contributed by atoms with Crippen molar-refractivity contribution >= 4 is 46.2 Å². The standard InChI is InChI=1S/C18H18Cl2N2OS/c1-10-3-6-16-12(7-10)8-17(24-16)18(23)22-21-11(2)14-5-4-13(19)9-15(14)20/h4-5,8-10H,3,6-7H2,1-2H3,(H,22,23)/b21-11-/t10-/m1/s1. The van der Waals surface area contributed by atoms with Crippen molar-refractivity contribution < 1.29 is 4.79 Å². The predicted octanol–water partition coefficient (Wildman–Crippen LogP) is 5.33. The summed E-state index contributed by atoms with van der Waals surface area (Å²) in [5.74, 6) is 0.516. The average molecular weight is 381 g/mol. The van der Waals surface area contributed by atoms with E-state index < -0.39 is 0 Å². The Kier molecular flexibility index (Phi) is 5.28. The van der Waals surface area contributed by atoms with Crippen molar-refractivity contribution in [3.05, 3.63) is 55.2 Å². The Morgan fingerprint density at radius 1 is 1.33 bits per heavy atom. The van der Waals surface area contributed by atoms with Crippen LogP contribution in [0.1, 0.15) is 45.9 Å². The number of rotatable bonds is 3. The first-order chi connectivity index (χ1) is 11.4. The summed E-state index contributed by atoms with van der Waals surface area (Å²) < 4.78 is 0. The van der Waals surface area contributed by atoms with Crippen LogP contribution in [0.5, 0.6) is 0 Å². The van der Waals surface area contributed by atoms with Crippen LogP contribution in [0.3, 0.4) is 0 Å². The number of aryl methyl sites for hydroxylation is 1. The van der Waals surface area contributed by atoms with E-state index in [2.05, 4.69) is 17.5 Å². The van der Waals surface area contributed by atoms with E-state index in [-0.39, 0.29) is 5.91 Å². The smallest absolute Gasteiger partial charge is 0.266 e. The normalized spacial score (nSPS) is 17.5. The molecule has 0 saturated heterocycles. The van der Waals surface area contributed by atoms with E-state index in [1.807, 2.05) is 6.07 Å². The van der Waals surface area contributed by atoms with Crippen molar-refractivity contribution in [2.45, 2.75) is 33.1 Å². The highest BCUT2D eigenvalue weighted by molar-refractivity contribution is 7.14. The second-order valence-corrected chi connectivity index (χ2v) is 8.15. The molecule has 0 radical (unpaired) electrons. The fraction of sp³-hybridized carbons (Fsp3) is 0.333. The van der Waals surface area contributed by atoms with E-state index in [1.165, 1.54) is 16.9 Å². The first kappa shape index (κ1) is 17.5. The Morgan fingerprint density at radius 3 is 2.88 bits per heavy atom. The van der Waals surface area contributed by atoms with Gasteiger partial charge in [-0.25, -0.2) is 5.43 Å². The van der Waals surface area contributed by atoms with E-state index in [0.717, 1.165) is 18.4 Å². The van der Waals surface area contributed by atoms with Crippen LogP contribution in [0, 0.1) is 5.92 Å². The number of thiophene rings is 1. The Bertz CT molecular complexity index is 813. The van der Waals surface area contributed by atoms with Gasteiger partial charge in [-0.2, -0.15) is 5.10 Å². The minimum absolute atomic E-state index is 0.175. The molecule has 1 N–H and O–H groups in total. The topological polar surface area (TPSA) is 41.5 Å². The van der Waals surface area contributed by atoms with E-state index in [9.17, 15) is 4.79 Å². The number of hydrazone groups is 1. The van der Waals surface area contributed by atoms with Gasteiger partial charge in [-0.05, 0) is 55.9 Å². The summed E-state index contributed by atoms with van der Waals surface area (Å²) >= 11 is 13.6. The number of fused-ring (bicyclic) bond motifs is 1. The third-order valence-corrected chi connectivity index (χ3v) is 5.98. The molecule has 3 nitrogen and oxygen atoms in total. The molecule has 0 saturated carbocycles. The number of carbonyl (C=O) groups excluding carboxylic acids is 1. The number of carbonyl (C=O) groups is 1. The van der Waals surface area contributed by atoms with Crippen LogP contribution in [0.25, 0.3) is 0 Å². The van der Waals surface area contributed by atoms with Gasteiger partial charge in [0.15, 0.2) is 0 Å². The number of hydrogen-bond donors (Lipinski definition) is 1. The number of hydrogen-bond acceptors (Lipinski definition) is 3. The zero-order valence-corrected chi connectivity index (χ0v) is 15.9. The Morgan fingerprint density at radius 2 is 2.12 bits per heavy atom. The van der Waals surface area contributed by atoms with Gasteiger partial charge in [-0.15, -0.1) is 11.3 Å². The molecule has 0 spiro atoms. The zero-order valence-electron chi connectivity index (χ0n) is 13.5. The van der Waals surface area contributed by atoms with Gasteiger partial charge in [0.1, 0.15) is 0 Å². The molecule has 1 amide bonds. The summed E-state index contributed by atoms with van der Waals surface area (Å²) in [6, 6.07) is 7.21. The molecule has 1 aromatic carbocycles. The van der Waals surface area contributed by atoms with Crippen LogP contribution in [0.15, 0.2) is 29.4 Å². The summed E-state index contributed by atoms with van der Waals surface area (Å²) in [6.07, 6.45) is 3.32. The molecular formula is C18H18Cl2N2OS. The van der Waals surface area contributed by atoms with Crippen molar-refractivity contribution in [1.29, 1.82) is 0 Å². The maximum absolute atomic E-state index is 12.4. The minimum atomic E-state index is -0.175. The Balaban J connectivity index is 1.73. The largest absolute Gasteiger partial charge is 0.281 e. The number of nitrogens with zero attached hydrogens (tertiary/aromatic N) is 1. The van der Waals surface area contributed by atoms with E-state index >= 15 is 0 Å². The molecular weight excluding hydrogens is 363 g/mol. The van der Waals surface area contributed by atoms with Crippen molar-refractivity contribution in [1.82, 2.24) is 5.43 Å². The molecule has 2 aromatic rings. The zero-order chi connectivity index (χ0) is 17.3. The maximum atomic E-state index is 12.4. The number of halogens is 2. The first-order valence-electron chi connectivity index (χ1n) is 7.85. The van der Waals surface area contributed by atoms with Crippen molar-refractivity contribution in [2.24, 2.45) is 11.0 Å². The van der Waals surface area contributed by atoms with Gasteiger partial charge < -0.3 is 0 Å². The van der Waals surface area contributed by atoms with Crippen molar-refractivity contribution in [3.8, 4) is 0 Å². The highest BCUT2D eigenvalue weighted by Gasteiger charge is 2.20. The minimum Gasteiger partial charge on any atom is -0.266 e. The van der Waals surface area contributed by atoms with Crippen LogP contribution in [-0.2, 0) is 12.8 Å². The fourth-order valence-electron chi connectivity index (χ4n) is 2.85. The molecule has 0 bridgehead atoms. The molecule has 1 aliphatic carbocycles. The highest BCUT2D eigenvalue weighted by atomic mass is 35.5. The van der Waals surface area contributed by atoms with Gasteiger partial charge in [-0.3, -0.25) is 4.79 Å². The van der Waals surface area contributed by atoms with Crippen LogP contribution in [-0.4, -0.2) is 11.6 Å². The summed E-state index contributed by atoms with van der Waals surface area (Å²) in [4.78, 5) is 14.4. The molecule has 126 valence electrons. The molecule has 1 atom stereocenters. The van der Waals surface area contributed by atoms with Gasteiger partial charge >= 0.3 is 0 Å². The lowest BCUT2D eigenvalue weighted by molar-refractivity contribution is 0.0959. The summed E-state index contributed by atoms with van der Waals surface area (Å²) in [5, 5.41) is 5.26. The van der Waals surface area contributed by atoms with Crippen LogP contribution in [0.2, 0.25) is 10.0 Å². The molecule has 3 rings (SSSR count). The second-order valence-electron chi connectivity index (χ2n) is 6.17. The number of benzene rings is 1. The van der Waals surface area contributed by atoms with E-state index in [4.69, 9.17) is 23.2 Å². The Hall–Kier alpha value is -1.36. The number of amides is 1. The maximum Gasteiger partial charge on any atom is 0.281 e. The molecule has 24 heavy (non-hydrogen) atoms. The monoisotopic (exact) mass is 380 g/mol. The summed E-state index contributed by atoms with van der Waals surface area (Å²) in [6.45, 7) is 4.06. The van der Waals surface area contributed by atoms with Crippen molar-refractivity contribution in [3.63, 3.8) is 0 Å². The van der Waals surface area contributed by atoms with Gasteiger partial charge in [0.25, 0.3) is 5.91 Å². The molecule has 1 aliphatic rings. The summed E-state index contributed by atoms with van der Waals surface area (Å²) in [5.41, 5.74) is 5.33. The SMILES string of the molecule is C/C(=N/NC(=O)c1cc2c(s1)CC[C@@H](C)C2)c1ccc(Cl)cc1Cl. The van der Waals surface area contributed by atoms with Gasteiger partial charge in [0, 0.05) is 15.5 Å². The van der Waals surface area contributed by atoms with Crippen LogP contribution >= 0.6 is 34.5 Å². The molecule has 6 heteroatoms.